The van der Waals surface area contributed by atoms with Gasteiger partial charge in [0.25, 0.3) is 5.91 Å². The summed E-state index contributed by atoms with van der Waals surface area (Å²) in [6, 6.07) is 8.06. The number of nitrogens with zero attached hydrogens (tertiary/aromatic N) is 2. The molecule has 1 aromatic heterocycles. The predicted molar refractivity (Wildman–Crippen MR) is 68.0 cm³/mol. The topological polar surface area (TPSA) is 65.8 Å². The van der Waals surface area contributed by atoms with Gasteiger partial charge >= 0.3 is 0 Å². The van der Waals surface area contributed by atoms with E-state index in [2.05, 4.69) is 10.3 Å². The number of nitrogens with one attached hydrogen (secondary N) is 1. The molecule has 0 saturated heterocycles. The lowest BCUT2D eigenvalue weighted by Gasteiger charge is -2.08. The lowest BCUT2D eigenvalue weighted by atomic mass is 10.1. The lowest BCUT2D eigenvalue weighted by Crippen LogP contribution is -2.13. The molecule has 1 N–H and O–H groups in total. The number of halogens is 1. The second-order valence-electron chi connectivity index (χ2n) is 3.99. The fourth-order valence-electron chi connectivity index (χ4n) is 1.56. The van der Waals surface area contributed by atoms with E-state index in [0.29, 0.717) is 11.3 Å². The minimum Gasteiger partial charge on any atom is -0.322 e. The highest BCUT2D eigenvalue weighted by molar-refractivity contribution is 6.04. The Morgan fingerprint density at radius 1 is 1.37 bits per heavy atom. The van der Waals surface area contributed by atoms with E-state index >= 15 is 0 Å². The van der Waals surface area contributed by atoms with Crippen LogP contribution in [0.3, 0.4) is 0 Å². The van der Waals surface area contributed by atoms with E-state index < -0.39 is 11.7 Å². The number of amides is 1. The molecule has 1 heterocycles. The van der Waals surface area contributed by atoms with Gasteiger partial charge in [-0.3, -0.25) is 9.78 Å². The summed E-state index contributed by atoms with van der Waals surface area (Å²) in [5.74, 6) is -1.04. The first-order valence-electron chi connectivity index (χ1n) is 5.53. The highest BCUT2D eigenvalue weighted by Crippen LogP contribution is 2.17. The Kier molecular flexibility index (Phi) is 3.53. The Morgan fingerprint density at radius 2 is 2.16 bits per heavy atom. The summed E-state index contributed by atoms with van der Waals surface area (Å²) in [6.45, 7) is 1.81. The van der Waals surface area contributed by atoms with Gasteiger partial charge in [0, 0.05) is 11.9 Å². The number of hydrogen-bond donors (Lipinski definition) is 1. The second kappa shape index (κ2) is 5.27. The molecule has 1 aromatic carbocycles. The van der Waals surface area contributed by atoms with E-state index in [-0.39, 0.29) is 5.56 Å². The third-order valence-electron chi connectivity index (χ3n) is 2.58. The van der Waals surface area contributed by atoms with E-state index in [0.717, 1.165) is 17.8 Å². The van der Waals surface area contributed by atoms with Crippen molar-refractivity contribution in [3.8, 4) is 6.07 Å². The first-order chi connectivity index (χ1) is 9.10. The van der Waals surface area contributed by atoms with Crippen molar-refractivity contribution in [2.45, 2.75) is 6.92 Å². The van der Waals surface area contributed by atoms with Crippen molar-refractivity contribution in [2.24, 2.45) is 0 Å². The summed E-state index contributed by atoms with van der Waals surface area (Å²) in [5.41, 5.74) is 1.91. The predicted octanol–water partition coefficient (Wildman–Crippen LogP) is 2.65. The van der Waals surface area contributed by atoms with Gasteiger partial charge in [0.1, 0.15) is 5.82 Å². The summed E-state index contributed by atoms with van der Waals surface area (Å²) < 4.78 is 13.0. The number of pyridine rings is 1. The van der Waals surface area contributed by atoms with Crippen molar-refractivity contribution in [2.75, 3.05) is 5.32 Å². The number of aryl methyl sites for hydroxylation is 1. The summed E-state index contributed by atoms with van der Waals surface area (Å²) in [4.78, 5) is 15.5. The molecule has 2 rings (SSSR count). The maximum Gasteiger partial charge on any atom is 0.257 e. The van der Waals surface area contributed by atoms with Crippen LogP contribution in [0.5, 0.6) is 0 Å². The third-order valence-corrected chi connectivity index (χ3v) is 2.58. The molecule has 0 aliphatic carbocycles. The van der Waals surface area contributed by atoms with Gasteiger partial charge in [-0.15, -0.1) is 0 Å². The summed E-state index contributed by atoms with van der Waals surface area (Å²) in [6.07, 6.45) is 2.31. The Hall–Kier alpha value is -2.74. The number of rotatable bonds is 2. The molecule has 0 radical (unpaired) electrons. The zero-order valence-electron chi connectivity index (χ0n) is 10.1. The third kappa shape index (κ3) is 2.93. The Labute approximate surface area is 109 Å². The van der Waals surface area contributed by atoms with Crippen LogP contribution in [0.15, 0.2) is 36.7 Å². The summed E-state index contributed by atoms with van der Waals surface area (Å²) in [7, 11) is 0. The highest BCUT2D eigenvalue weighted by Gasteiger charge is 2.09. The van der Waals surface area contributed by atoms with E-state index in [1.165, 1.54) is 6.20 Å². The van der Waals surface area contributed by atoms with Crippen molar-refractivity contribution < 1.29 is 9.18 Å². The van der Waals surface area contributed by atoms with Crippen molar-refractivity contribution in [1.82, 2.24) is 4.98 Å². The number of benzene rings is 1. The van der Waals surface area contributed by atoms with Crippen molar-refractivity contribution in [3.05, 3.63) is 59.2 Å². The Balaban J connectivity index is 2.27. The smallest absolute Gasteiger partial charge is 0.257 e. The Bertz CT molecular complexity index is 677. The van der Waals surface area contributed by atoms with E-state index in [9.17, 15) is 9.18 Å². The van der Waals surface area contributed by atoms with Crippen LogP contribution in [-0.2, 0) is 0 Å². The average molecular weight is 255 g/mol. The van der Waals surface area contributed by atoms with Gasteiger partial charge in [0.05, 0.1) is 23.4 Å². The van der Waals surface area contributed by atoms with Crippen LogP contribution in [0.25, 0.3) is 0 Å². The van der Waals surface area contributed by atoms with E-state index in [1.807, 2.05) is 6.07 Å². The minimum atomic E-state index is -0.574. The van der Waals surface area contributed by atoms with Gasteiger partial charge in [-0.2, -0.15) is 5.26 Å². The first kappa shape index (κ1) is 12.7. The van der Waals surface area contributed by atoms with Crippen LogP contribution in [0.2, 0.25) is 0 Å². The molecular weight excluding hydrogens is 245 g/mol. The molecule has 4 nitrogen and oxygen atoms in total. The zero-order valence-corrected chi connectivity index (χ0v) is 10.1. The number of carbonyl (C=O) groups excluding carboxylic acids is 1. The molecule has 0 saturated carbocycles. The molecule has 5 heteroatoms. The monoisotopic (exact) mass is 255 g/mol. The van der Waals surface area contributed by atoms with Gasteiger partial charge < -0.3 is 5.32 Å². The van der Waals surface area contributed by atoms with Crippen LogP contribution in [0, 0.1) is 24.1 Å². The van der Waals surface area contributed by atoms with Crippen LogP contribution in [0.4, 0.5) is 10.1 Å². The number of aromatic nitrogens is 1. The average Bonchev–Trinajstić information content (AvgIpc) is 2.41. The zero-order chi connectivity index (χ0) is 13.8. The highest BCUT2D eigenvalue weighted by atomic mass is 19.1. The van der Waals surface area contributed by atoms with Crippen LogP contribution < -0.4 is 5.32 Å². The fourth-order valence-corrected chi connectivity index (χ4v) is 1.56. The van der Waals surface area contributed by atoms with Crippen molar-refractivity contribution >= 4 is 11.6 Å². The fraction of sp³-hybridized carbons (Fsp3) is 0.0714. The molecule has 19 heavy (non-hydrogen) atoms. The summed E-state index contributed by atoms with van der Waals surface area (Å²) >= 11 is 0. The van der Waals surface area contributed by atoms with Crippen molar-refractivity contribution in [1.29, 1.82) is 5.26 Å². The van der Waals surface area contributed by atoms with Gasteiger partial charge in [-0.1, -0.05) is 6.07 Å². The molecule has 0 unspecified atom stereocenters. The Morgan fingerprint density at radius 3 is 2.84 bits per heavy atom. The molecule has 1 amide bonds. The van der Waals surface area contributed by atoms with Gasteiger partial charge in [-0.05, 0) is 30.7 Å². The van der Waals surface area contributed by atoms with E-state index in [4.69, 9.17) is 5.26 Å². The number of anilines is 1. The lowest BCUT2D eigenvalue weighted by molar-refractivity contribution is 0.102. The molecule has 2 aromatic rings. The van der Waals surface area contributed by atoms with Gasteiger partial charge in [0.2, 0.25) is 0 Å². The molecule has 0 spiro atoms. The normalized spacial score (nSPS) is 9.74. The number of nitriles is 1. The molecule has 0 aliphatic heterocycles. The van der Waals surface area contributed by atoms with Crippen molar-refractivity contribution in [3.63, 3.8) is 0 Å². The molecule has 0 atom stereocenters. The number of carbonyl (C=O) groups is 1. The van der Waals surface area contributed by atoms with Crippen LogP contribution in [-0.4, -0.2) is 10.9 Å². The van der Waals surface area contributed by atoms with Gasteiger partial charge in [0.15, 0.2) is 0 Å². The van der Waals surface area contributed by atoms with Crippen LogP contribution >= 0.6 is 0 Å². The second-order valence-corrected chi connectivity index (χ2v) is 3.99. The molecule has 0 fully saturated rings. The quantitative estimate of drug-likeness (QED) is 0.897. The molecule has 0 bridgehead atoms. The van der Waals surface area contributed by atoms with Crippen LogP contribution in [0.1, 0.15) is 21.5 Å². The molecular formula is C14H10FN3O. The number of hydrogen-bond acceptors (Lipinski definition) is 3. The largest absolute Gasteiger partial charge is 0.322 e. The molecule has 0 aliphatic rings. The van der Waals surface area contributed by atoms with Gasteiger partial charge in [-0.25, -0.2) is 4.39 Å². The summed E-state index contributed by atoms with van der Waals surface area (Å²) in [5, 5.41) is 11.4. The SMILES string of the molecule is Cc1ccc(C#N)cc1NC(=O)c1cncc(F)c1. The standard InChI is InChI=1S/C14H10FN3O/c1-9-2-3-10(6-16)4-13(9)18-14(19)11-5-12(15)8-17-7-11/h2-5,7-8H,1H3,(H,18,19). The van der Waals surface area contributed by atoms with E-state index in [1.54, 1.807) is 25.1 Å². The maximum atomic E-state index is 13.0. The maximum absolute atomic E-state index is 13.0. The first-order valence-corrected chi connectivity index (χ1v) is 5.53. The molecule has 94 valence electrons. The minimum absolute atomic E-state index is 0.127.